The van der Waals surface area contributed by atoms with E-state index in [1.165, 1.54) is 0 Å². The van der Waals surface area contributed by atoms with Crippen molar-refractivity contribution in [2.75, 3.05) is 13.7 Å². The number of rotatable bonds is 5. The molecule has 1 rings (SSSR count). The molecular formula is C13H17O2. The van der Waals surface area contributed by atoms with E-state index in [1.54, 1.807) is 13.2 Å². The highest BCUT2D eigenvalue weighted by atomic mass is 16.5. The Bertz CT molecular complexity index is 331. The highest BCUT2D eigenvalue weighted by molar-refractivity contribution is 5.49. The van der Waals surface area contributed by atoms with Crippen LogP contribution in [-0.2, 0) is 0 Å². The molecule has 0 saturated heterocycles. The number of benzene rings is 1. The van der Waals surface area contributed by atoms with Gasteiger partial charge in [0.1, 0.15) is 0 Å². The van der Waals surface area contributed by atoms with Crippen molar-refractivity contribution >= 4 is 0 Å². The Labute approximate surface area is 91.5 Å². The number of hydrogen-bond acceptors (Lipinski definition) is 2. The van der Waals surface area contributed by atoms with E-state index in [0.29, 0.717) is 6.61 Å². The summed E-state index contributed by atoms with van der Waals surface area (Å²) in [5, 5.41) is 0. The van der Waals surface area contributed by atoms with E-state index in [2.05, 4.69) is 13.5 Å². The number of para-hydroxylation sites is 1. The van der Waals surface area contributed by atoms with Gasteiger partial charge in [0.25, 0.3) is 0 Å². The average molecular weight is 205 g/mol. The molecule has 0 amide bonds. The first-order chi connectivity index (χ1) is 7.24. The van der Waals surface area contributed by atoms with E-state index >= 15 is 0 Å². The topological polar surface area (TPSA) is 18.5 Å². The van der Waals surface area contributed by atoms with Crippen LogP contribution in [-0.4, -0.2) is 13.7 Å². The molecule has 1 atom stereocenters. The first-order valence-electron chi connectivity index (χ1n) is 4.99. The molecule has 1 aromatic rings. The van der Waals surface area contributed by atoms with Gasteiger partial charge in [-0.15, -0.1) is 6.58 Å². The summed E-state index contributed by atoms with van der Waals surface area (Å²) in [4.78, 5) is 0. The van der Waals surface area contributed by atoms with E-state index in [4.69, 9.17) is 9.47 Å². The SMILES string of the molecule is [CH2]C(C=C)c1cccc(OCC)c1OC. The summed E-state index contributed by atoms with van der Waals surface area (Å²) in [6.45, 7) is 10.3. The molecule has 0 aliphatic carbocycles. The van der Waals surface area contributed by atoms with Crippen LogP contribution in [0.5, 0.6) is 11.5 Å². The highest BCUT2D eigenvalue weighted by Crippen LogP contribution is 2.35. The van der Waals surface area contributed by atoms with Gasteiger partial charge in [0, 0.05) is 11.5 Å². The molecule has 0 fully saturated rings. The maximum atomic E-state index is 5.48. The largest absolute Gasteiger partial charge is 0.493 e. The Balaban J connectivity index is 3.15. The number of allylic oxidation sites excluding steroid dienone is 1. The van der Waals surface area contributed by atoms with Gasteiger partial charge in [-0.1, -0.05) is 18.2 Å². The van der Waals surface area contributed by atoms with E-state index < -0.39 is 0 Å². The standard InChI is InChI=1S/C13H17O2/c1-5-10(3)11-8-7-9-12(15-6-2)13(11)14-4/h5,7-10H,1,3,6H2,2,4H3. The smallest absolute Gasteiger partial charge is 0.164 e. The zero-order valence-electron chi connectivity index (χ0n) is 9.32. The summed E-state index contributed by atoms with van der Waals surface area (Å²) >= 11 is 0. The third-order valence-electron chi connectivity index (χ3n) is 2.20. The molecular weight excluding hydrogens is 188 g/mol. The molecule has 2 nitrogen and oxygen atoms in total. The second-order valence-corrected chi connectivity index (χ2v) is 3.15. The zero-order valence-corrected chi connectivity index (χ0v) is 9.32. The minimum Gasteiger partial charge on any atom is -0.493 e. The van der Waals surface area contributed by atoms with Crippen molar-refractivity contribution in [2.24, 2.45) is 0 Å². The van der Waals surface area contributed by atoms with Crippen molar-refractivity contribution in [3.63, 3.8) is 0 Å². The van der Waals surface area contributed by atoms with Crippen LogP contribution in [0, 0.1) is 6.92 Å². The predicted octanol–water partition coefficient (Wildman–Crippen LogP) is 3.20. The van der Waals surface area contributed by atoms with Crippen LogP contribution in [0.15, 0.2) is 30.9 Å². The first-order valence-corrected chi connectivity index (χ1v) is 4.99. The van der Waals surface area contributed by atoms with E-state index in [-0.39, 0.29) is 5.92 Å². The maximum absolute atomic E-state index is 5.48. The molecule has 0 heterocycles. The molecule has 2 heteroatoms. The summed E-state index contributed by atoms with van der Waals surface area (Å²) < 4.78 is 10.8. The Morgan fingerprint density at radius 2 is 2.20 bits per heavy atom. The number of hydrogen-bond donors (Lipinski definition) is 0. The van der Waals surface area contributed by atoms with Crippen LogP contribution < -0.4 is 9.47 Å². The Kier molecular flexibility index (Phi) is 4.22. The van der Waals surface area contributed by atoms with E-state index in [0.717, 1.165) is 17.1 Å². The Morgan fingerprint density at radius 3 is 2.73 bits per heavy atom. The van der Waals surface area contributed by atoms with E-state index in [1.807, 2.05) is 25.1 Å². The lowest BCUT2D eigenvalue weighted by molar-refractivity contribution is 0.309. The van der Waals surface area contributed by atoms with Gasteiger partial charge >= 0.3 is 0 Å². The highest BCUT2D eigenvalue weighted by Gasteiger charge is 2.13. The summed E-state index contributed by atoms with van der Waals surface area (Å²) in [6, 6.07) is 5.80. The van der Waals surface area contributed by atoms with Crippen molar-refractivity contribution in [3.05, 3.63) is 43.3 Å². The maximum Gasteiger partial charge on any atom is 0.164 e. The van der Waals surface area contributed by atoms with Crippen molar-refractivity contribution in [1.29, 1.82) is 0 Å². The van der Waals surface area contributed by atoms with Gasteiger partial charge in [-0.2, -0.15) is 0 Å². The molecule has 0 aromatic heterocycles. The first kappa shape index (κ1) is 11.6. The van der Waals surface area contributed by atoms with Crippen molar-refractivity contribution in [1.82, 2.24) is 0 Å². The van der Waals surface area contributed by atoms with Gasteiger partial charge in [-0.3, -0.25) is 0 Å². The predicted molar refractivity (Wildman–Crippen MR) is 62.5 cm³/mol. The van der Waals surface area contributed by atoms with Crippen LogP contribution in [0.4, 0.5) is 0 Å². The zero-order chi connectivity index (χ0) is 11.3. The molecule has 0 bridgehead atoms. The molecule has 0 N–H and O–H groups in total. The van der Waals surface area contributed by atoms with Crippen LogP contribution in [0.2, 0.25) is 0 Å². The molecule has 1 radical (unpaired) electrons. The second kappa shape index (κ2) is 5.44. The van der Waals surface area contributed by atoms with Gasteiger partial charge in [0.2, 0.25) is 0 Å². The molecule has 1 aromatic carbocycles. The van der Waals surface area contributed by atoms with Gasteiger partial charge in [-0.25, -0.2) is 0 Å². The molecule has 0 aliphatic heterocycles. The van der Waals surface area contributed by atoms with E-state index in [9.17, 15) is 0 Å². The Hall–Kier alpha value is -1.44. The van der Waals surface area contributed by atoms with Crippen molar-refractivity contribution in [2.45, 2.75) is 12.8 Å². The molecule has 1 unspecified atom stereocenters. The van der Waals surface area contributed by atoms with Crippen molar-refractivity contribution < 1.29 is 9.47 Å². The lowest BCUT2D eigenvalue weighted by Crippen LogP contribution is -2.00. The molecule has 81 valence electrons. The lowest BCUT2D eigenvalue weighted by atomic mass is 10.00. The minimum atomic E-state index is 0.0142. The van der Waals surface area contributed by atoms with Crippen molar-refractivity contribution in [3.8, 4) is 11.5 Å². The molecule has 0 aliphatic rings. The summed E-state index contributed by atoms with van der Waals surface area (Å²) in [7, 11) is 1.64. The van der Waals surface area contributed by atoms with Gasteiger partial charge < -0.3 is 9.47 Å². The fraction of sp³-hybridized carbons (Fsp3) is 0.308. The van der Waals surface area contributed by atoms with Gasteiger partial charge in [-0.05, 0) is 19.9 Å². The fourth-order valence-electron chi connectivity index (χ4n) is 1.44. The normalized spacial score (nSPS) is 11.9. The second-order valence-electron chi connectivity index (χ2n) is 3.15. The third-order valence-corrected chi connectivity index (χ3v) is 2.20. The van der Waals surface area contributed by atoms with Crippen LogP contribution in [0.25, 0.3) is 0 Å². The van der Waals surface area contributed by atoms with Gasteiger partial charge in [0.05, 0.1) is 13.7 Å². The number of methoxy groups -OCH3 is 1. The van der Waals surface area contributed by atoms with Gasteiger partial charge in [0.15, 0.2) is 11.5 Å². The molecule has 0 spiro atoms. The quantitative estimate of drug-likeness (QED) is 0.687. The summed E-state index contributed by atoms with van der Waals surface area (Å²) in [5.74, 6) is 1.52. The third kappa shape index (κ3) is 2.52. The fourth-order valence-corrected chi connectivity index (χ4v) is 1.44. The molecule has 0 saturated carbocycles. The molecule has 15 heavy (non-hydrogen) atoms. The lowest BCUT2D eigenvalue weighted by Gasteiger charge is -2.15. The van der Waals surface area contributed by atoms with Crippen LogP contribution in [0.3, 0.4) is 0 Å². The average Bonchev–Trinajstić information content (AvgIpc) is 2.28. The monoisotopic (exact) mass is 205 g/mol. The summed E-state index contributed by atoms with van der Waals surface area (Å²) in [5.41, 5.74) is 0.999. The van der Waals surface area contributed by atoms with Crippen LogP contribution in [0.1, 0.15) is 18.4 Å². The Morgan fingerprint density at radius 1 is 1.47 bits per heavy atom. The summed E-state index contributed by atoms with van der Waals surface area (Å²) in [6.07, 6.45) is 1.79. The number of ether oxygens (including phenoxy) is 2. The minimum absolute atomic E-state index is 0.0142. The van der Waals surface area contributed by atoms with Crippen LogP contribution >= 0.6 is 0 Å².